The zero-order valence-electron chi connectivity index (χ0n) is 20.0. The van der Waals surface area contributed by atoms with E-state index in [0.29, 0.717) is 11.3 Å². The zero-order valence-corrected chi connectivity index (χ0v) is 20.0. The minimum absolute atomic E-state index is 0.0751. The van der Waals surface area contributed by atoms with Gasteiger partial charge in [-0.05, 0) is 98.8 Å². The lowest BCUT2D eigenvalue weighted by molar-refractivity contribution is -0.140. The van der Waals surface area contributed by atoms with Crippen molar-refractivity contribution in [3.8, 4) is 0 Å². The summed E-state index contributed by atoms with van der Waals surface area (Å²) in [6.45, 7) is 8.30. The number of nitrogens with one attached hydrogen (secondary N) is 1. The number of aliphatic hydroxyl groups excluding tert-OH is 2. The minimum Gasteiger partial charge on any atom is -0.393 e. The molecule has 30 heavy (non-hydrogen) atoms. The van der Waals surface area contributed by atoms with Gasteiger partial charge in [0.25, 0.3) is 0 Å². The molecule has 0 aromatic heterocycles. The fourth-order valence-corrected chi connectivity index (χ4v) is 8.68. The Labute approximate surface area is 185 Å². The second-order valence-electron chi connectivity index (χ2n) is 12.1. The second kappa shape index (κ2) is 9.40. The van der Waals surface area contributed by atoms with Crippen LogP contribution in [0, 0.1) is 34.5 Å². The quantitative estimate of drug-likeness (QED) is 0.444. The summed E-state index contributed by atoms with van der Waals surface area (Å²) in [5.41, 5.74) is 0.545. The largest absolute Gasteiger partial charge is 0.393 e. The van der Waals surface area contributed by atoms with Gasteiger partial charge in [0.15, 0.2) is 0 Å². The molecule has 4 rings (SSSR count). The van der Waals surface area contributed by atoms with E-state index in [4.69, 9.17) is 0 Å². The first-order valence-electron chi connectivity index (χ1n) is 13.5. The third-order valence-corrected chi connectivity index (χ3v) is 10.6. The van der Waals surface area contributed by atoms with E-state index in [-0.39, 0.29) is 23.7 Å². The van der Waals surface area contributed by atoms with E-state index in [9.17, 15) is 10.2 Å². The van der Waals surface area contributed by atoms with Crippen LogP contribution in [0.1, 0.15) is 111 Å². The molecule has 0 saturated heterocycles. The van der Waals surface area contributed by atoms with Crippen molar-refractivity contribution in [1.29, 1.82) is 0 Å². The van der Waals surface area contributed by atoms with Crippen LogP contribution in [-0.4, -0.2) is 35.0 Å². The fraction of sp³-hybridized carbons (Fsp3) is 1.00. The van der Waals surface area contributed by atoms with Crippen LogP contribution < -0.4 is 5.32 Å². The van der Waals surface area contributed by atoms with Gasteiger partial charge in [0.2, 0.25) is 0 Å². The SMILES string of the molecule is CCCCCCCCN[C@H]1C[C@@]2(C)C(CCC3C2CC[C@@]2(C)C3CC[C@@H]2O)C[C@@H]1O. The minimum atomic E-state index is -0.165. The molecule has 0 spiro atoms. The van der Waals surface area contributed by atoms with Crippen LogP contribution in [0.2, 0.25) is 0 Å². The van der Waals surface area contributed by atoms with E-state index in [0.717, 1.165) is 43.6 Å². The van der Waals surface area contributed by atoms with Crippen molar-refractivity contribution in [2.75, 3.05) is 6.54 Å². The highest BCUT2D eigenvalue weighted by atomic mass is 16.3. The molecule has 4 unspecified atom stereocenters. The zero-order chi connectivity index (χ0) is 21.4. The Kier molecular flexibility index (Phi) is 7.22. The molecule has 3 nitrogen and oxygen atoms in total. The maximum Gasteiger partial charge on any atom is 0.0696 e. The molecule has 3 heteroatoms. The van der Waals surface area contributed by atoms with Gasteiger partial charge in [0, 0.05) is 6.04 Å². The van der Waals surface area contributed by atoms with Gasteiger partial charge in [-0.25, -0.2) is 0 Å². The second-order valence-corrected chi connectivity index (χ2v) is 12.1. The van der Waals surface area contributed by atoms with Crippen LogP contribution in [0.25, 0.3) is 0 Å². The van der Waals surface area contributed by atoms with E-state index < -0.39 is 0 Å². The van der Waals surface area contributed by atoms with Crippen molar-refractivity contribution in [2.24, 2.45) is 34.5 Å². The van der Waals surface area contributed by atoms with Gasteiger partial charge in [-0.3, -0.25) is 0 Å². The maximum absolute atomic E-state index is 10.9. The number of hydrogen-bond acceptors (Lipinski definition) is 3. The third-order valence-electron chi connectivity index (χ3n) is 10.6. The standard InChI is InChI=1S/C27H49NO2/c1-4-5-6-7-8-9-16-28-23-18-27(3)19(17-24(23)29)10-11-20-21-12-13-25(30)26(21,2)15-14-22(20)27/h19-25,28-30H,4-18H2,1-3H3/t19?,20?,21?,22?,23-,24-,25-,26-,27-/m0/s1. The Morgan fingerprint density at radius 1 is 0.833 bits per heavy atom. The molecule has 4 aliphatic rings. The average Bonchev–Trinajstić information content (AvgIpc) is 3.03. The number of aliphatic hydroxyl groups is 2. The predicted octanol–water partition coefficient (Wildman–Crippen LogP) is 5.68. The van der Waals surface area contributed by atoms with E-state index >= 15 is 0 Å². The van der Waals surface area contributed by atoms with Crippen molar-refractivity contribution in [3.05, 3.63) is 0 Å². The lowest BCUT2D eigenvalue weighted by atomic mass is 9.44. The molecule has 0 radical (unpaired) electrons. The summed E-state index contributed by atoms with van der Waals surface area (Å²) in [7, 11) is 0. The summed E-state index contributed by atoms with van der Waals surface area (Å²) in [5, 5.41) is 25.4. The van der Waals surface area contributed by atoms with Gasteiger partial charge >= 0.3 is 0 Å². The van der Waals surface area contributed by atoms with Gasteiger partial charge in [-0.1, -0.05) is 52.9 Å². The van der Waals surface area contributed by atoms with Crippen molar-refractivity contribution in [1.82, 2.24) is 5.32 Å². The Hall–Kier alpha value is -0.120. The van der Waals surface area contributed by atoms with Gasteiger partial charge in [0.05, 0.1) is 12.2 Å². The van der Waals surface area contributed by atoms with Crippen molar-refractivity contribution >= 4 is 0 Å². The lowest BCUT2D eigenvalue weighted by Gasteiger charge is -2.61. The van der Waals surface area contributed by atoms with E-state index in [1.807, 2.05) is 0 Å². The normalized spacial score (nSPS) is 48.1. The molecule has 0 aromatic carbocycles. The predicted molar refractivity (Wildman–Crippen MR) is 124 cm³/mol. The van der Waals surface area contributed by atoms with E-state index in [1.165, 1.54) is 70.6 Å². The van der Waals surface area contributed by atoms with Gasteiger partial charge in [-0.15, -0.1) is 0 Å². The van der Waals surface area contributed by atoms with Crippen LogP contribution in [0.15, 0.2) is 0 Å². The van der Waals surface area contributed by atoms with Crippen LogP contribution >= 0.6 is 0 Å². The highest BCUT2D eigenvalue weighted by Gasteiger charge is 2.60. The third kappa shape index (κ3) is 4.13. The van der Waals surface area contributed by atoms with E-state index in [2.05, 4.69) is 26.1 Å². The molecule has 174 valence electrons. The van der Waals surface area contributed by atoms with Crippen LogP contribution in [0.4, 0.5) is 0 Å². The topological polar surface area (TPSA) is 52.5 Å². The number of unbranched alkanes of at least 4 members (excludes halogenated alkanes) is 5. The molecule has 4 fully saturated rings. The summed E-state index contributed by atoms with van der Waals surface area (Å²) >= 11 is 0. The highest BCUT2D eigenvalue weighted by Crippen LogP contribution is 2.66. The first kappa shape index (κ1) is 23.1. The van der Waals surface area contributed by atoms with E-state index in [1.54, 1.807) is 0 Å². The molecular formula is C27H49NO2. The fourth-order valence-electron chi connectivity index (χ4n) is 8.68. The molecule has 3 N–H and O–H groups in total. The van der Waals surface area contributed by atoms with Crippen LogP contribution in [-0.2, 0) is 0 Å². The number of rotatable bonds is 8. The number of hydrogen-bond donors (Lipinski definition) is 3. The Morgan fingerprint density at radius 2 is 1.57 bits per heavy atom. The van der Waals surface area contributed by atoms with Gasteiger partial charge in [0.1, 0.15) is 0 Å². The average molecular weight is 420 g/mol. The summed E-state index contributed by atoms with van der Waals surface area (Å²) in [5.74, 6) is 3.02. The summed E-state index contributed by atoms with van der Waals surface area (Å²) in [6, 6.07) is 0.281. The van der Waals surface area contributed by atoms with Crippen LogP contribution in [0.3, 0.4) is 0 Å². The summed E-state index contributed by atoms with van der Waals surface area (Å²) in [6.07, 6.45) is 17.3. The Balaban J connectivity index is 1.36. The lowest BCUT2D eigenvalue weighted by Crippen LogP contribution is -2.59. The van der Waals surface area contributed by atoms with Crippen LogP contribution in [0.5, 0.6) is 0 Å². The summed E-state index contributed by atoms with van der Waals surface area (Å²) < 4.78 is 0. The Bertz CT molecular complexity index is 567. The molecule has 9 atom stereocenters. The molecular weight excluding hydrogens is 370 g/mol. The molecule has 4 aliphatic carbocycles. The van der Waals surface area contributed by atoms with Gasteiger partial charge in [-0.2, -0.15) is 0 Å². The Morgan fingerprint density at radius 3 is 2.37 bits per heavy atom. The van der Waals surface area contributed by atoms with Gasteiger partial charge < -0.3 is 15.5 Å². The van der Waals surface area contributed by atoms with Crippen molar-refractivity contribution in [2.45, 2.75) is 129 Å². The summed E-state index contributed by atoms with van der Waals surface area (Å²) in [4.78, 5) is 0. The molecule has 0 heterocycles. The molecule has 0 aliphatic heterocycles. The highest BCUT2D eigenvalue weighted by molar-refractivity contribution is 5.11. The smallest absolute Gasteiger partial charge is 0.0696 e. The van der Waals surface area contributed by atoms with Crippen molar-refractivity contribution < 1.29 is 10.2 Å². The van der Waals surface area contributed by atoms with Crippen molar-refractivity contribution in [3.63, 3.8) is 0 Å². The monoisotopic (exact) mass is 419 g/mol. The first-order valence-corrected chi connectivity index (χ1v) is 13.5. The maximum atomic E-state index is 10.9. The number of fused-ring (bicyclic) bond motifs is 5. The molecule has 4 saturated carbocycles. The first-order chi connectivity index (χ1) is 14.4. The molecule has 0 aromatic rings. The molecule has 0 bridgehead atoms. The molecule has 0 amide bonds.